The van der Waals surface area contributed by atoms with Crippen LogP contribution in [0.4, 0.5) is 4.39 Å². The summed E-state index contributed by atoms with van der Waals surface area (Å²) in [5, 5.41) is 3.62. The van der Waals surface area contributed by atoms with Crippen LogP contribution < -0.4 is 5.32 Å². The van der Waals surface area contributed by atoms with E-state index in [1.807, 2.05) is 6.07 Å². The standard InChI is InChI=1S/C17H23BrFN/c1-2-7-20-17(14-9-11-3-4-12(14)8-11)15-10-13(18)5-6-16(15)19/h5-6,10-12,14,17,20H,2-4,7-9H2,1H3. The van der Waals surface area contributed by atoms with Crippen LogP contribution in [0.3, 0.4) is 0 Å². The van der Waals surface area contributed by atoms with Gasteiger partial charge in [-0.1, -0.05) is 29.3 Å². The van der Waals surface area contributed by atoms with Gasteiger partial charge in [0.1, 0.15) is 5.82 Å². The highest BCUT2D eigenvalue weighted by Crippen LogP contribution is 2.52. The summed E-state index contributed by atoms with van der Waals surface area (Å²) in [4.78, 5) is 0. The second kappa shape index (κ2) is 6.15. The molecule has 110 valence electrons. The van der Waals surface area contributed by atoms with E-state index in [2.05, 4.69) is 28.2 Å². The Kier molecular flexibility index (Phi) is 4.46. The number of hydrogen-bond donors (Lipinski definition) is 1. The molecule has 0 saturated heterocycles. The first kappa shape index (κ1) is 14.5. The molecule has 4 unspecified atom stereocenters. The zero-order valence-electron chi connectivity index (χ0n) is 12.0. The van der Waals surface area contributed by atoms with E-state index in [9.17, 15) is 4.39 Å². The van der Waals surface area contributed by atoms with Crippen LogP contribution >= 0.6 is 15.9 Å². The van der Waals surface area contributed by atoms with Crippen molar-refractivity contribution in [1.29, 1.82) is 0 Å². The first-order chi connectivity index (χ1) is 9.69. The Bertz CT molecular complexity index is 476. The second-order valence-electron chi connectivity index (χ2n) is 6.44. The maximum Gasteiger partial charge on any atom is 0.128 e. The molecule has 4 atom stereocenters. The average Bonchev–Trinajstić information content (AvgIpc) is 3.05. The SMILES string of the molecule is CCCNC(c1cc(Br)ccc1F)C1CC2CCC1C2. The van der Waals surface area contributed by atoms with Gasteiger partial charge in [0, 0.05) is 16.1 Å². The molecule has 1 aromatic rings. The van der Waals surface area contributed by atoms with Crippen molar-refractivity contribution in [3.05, 3.63) is 34.1 Å². The molecule has 0 heterocycles. The topological polar surface area (TPSA) is 12.0 Å². The molecule has 1 N–H and O–H groups in total. The van der Waals surface area contributed by atoms with E-state index < -0.39 is 0 Å². The molecule has 2 bridgehead atoms. The second-order valence-corrected chi connectivity index (χ2v) is 7.35. The van der Waals surface area contributed by atoms with E-state index >= 15 is 0 Å². The predicted molar refractivity (Wildman–Crippen MR) is 84.1 cm³/mol. The molecule has 20 heavy (non-hydrogen) atoms. The van der Waals surface area contributed by atoms with Gasteiger partial charge in [0.05, 0.1) is 0 Å². The molecule has 1 aromatic carbocycles. The number of fused-ring (bicyclic) bond motifs is 2. The fourth-order valence-electron chi connectivity index (χ4n) is 4.25. The number of nitrogens with one attached hydrogen (secondary N) is 1. The lowest BCUT2D eigenvalue weighted by atomic mass is 9.80. The Morgan fingerprint density at radius 2 is 2.20 bits per heavy atom. The lowest BCUT2D eigenvalue weighted by molar-refractivity contribution is 0.246. The third-order valence-electron chi connectivity index (χ3n) is 5.13. The molecule has 2 aliphatic rings. The summed E-state index contributed by atoms with van der Waals surface area (Å²) in [5.74, 6) is 2.24. The Balaban J connectivity index is 1.87. The van der Waals surface area contributed by atoms with Gasteiger partial charge in [-0.25, -0.2) is 4.39 Å². The van der Waals surface area contributed by atoms with Crippen molar-refractivity contribution in [2.24, 2.45) is 17.8 Å². The van der Waals surface area contributed by atoms with Crippen molar-refractivity contribution in [3.63, 3.8) is 0 Å². The fourth-order valence-corrected chi connectivity index (χ4v) is 4.63. The minimum Gasteiger partial charge on any atom is -0.310 e. The zero-order valence-corrected chi connectivity index (χ0v) is 13.6. The van der Waals surface area contributed by atoms with Gasteiger partial charge in [0.25, 0.3) is 0 Å². The summed E-state index contributed by atoms with van der Waals surface area (Å²) in [6.07, 6.45) is 6.47. The maximum atomic E-state index is 14.3. The van der Waals surface area contributed by atoms with E-state index in [4.69, 9.17) is 0 Å². The zero-order chi connectivity index (χ0) is 14.1. The van der Waals surface area contributed by atoms with E-state index in [1.54, 1.807) is 12.1 Å². The monoisotopic (exact) mass is 339 g/mol. The van der Waals surface area contributed by atoms with Gasteiger partial charge in [-0.05, 0) is 68.2 Å². The number of halogens is 2. The molecule has 1 nitrogen and oxygen atoms in total. The third kappa shape index (κ3) is 2.80. The van der Waals surface area contributed by atoms with Crippen molar-refractivity contribution in [1.82, 2.24) is 5.32 Å². The van der Waals surface area contributed by atoms with E-state index in [1.165, 1.54) is 25.7 Å². The smallest absolute Gasteiger partial charge is 0.128 e. The van der Waals surface area contributed by atoms with Crippen LogP contribution in [-0.4, -0.2) is 6.54 Å². The molecular formula is C17H23BrFN. The average molecular weight is 340 g/mol. The maximum absolute atomic E-state index is 14.3. The minimum atomic E-state index is -0.0652. The van der Waals surface area contributed by atoms with Gasteiger partial charge in [0.15, 0.2) is 0 Å². The minimum absolute atomic E-state index is 0.0652. The van der Waals surface area contributed by atoms with Crippen LogP contribution in [0, 0.1) is 23.6 Å². The quantitative estimate of drug-likeness (QED) is 0.789. The molecule has 2 saturated carbocycles. The molecule has 2 aliphatic carbocycles. The summed E-state index contributed by atoms with van der Waals surface area (Å²) < 4.78 is 15.3. The highest BCUT2D eigenvalue weighted by atomic mass is 79.9. The predicted octanol–water partition coefficient (Wildman–Crippen LogP) is 5.07. The third-order valence-corrected chi connectivity index (χ3v) is 5.62. The first-order valence-electron chi connectivity index (χ1n) is 7.87. The van der Waals surface area contributed by atoms with Gasteiger partial charge < -0.3 is 5.32 Å². The van der Waals surface area contributed by atoms with Crippen molar-refractivity contribution < 1.29 is 4.39 Å². The number of hydrogen-bond acceptors (Lipinski definition) is 1. The molecule has 0 amide bonds. The summed E-state index contributed by atoms with van der Waals surface area (Å²) in [5.41, 5.74) is 0.852. The summed E-state index contributed by atoms with van der Waals surface area (Å²) >= 11 is 3.49. The van der Waals surface area contributed by atoms with Crippen molar-refractivity contribution >= 4 is 15.9 Å². The lowest BCUT2D eigenvalue weighted by Gasteiger charge is -2.32. The number of benzene rings is 1. The van der Waals surface area contributed by atoms with E-state index in [0.717, 1.165) is 34.8 Å². The molecule has 0 aromatic heterocycles. The van der Waals surface area contributed by atoms with Crippen LogP contribution in [0.15, 0.2) is 22.7 Å². The molecular weight excluding hydrogens is 317 g/mol. The fraction of sp³-hybridized carbons (Fsp3) is 0.647. The summed E-state index contributed by atoms with van der Waals surface area (Å²) in [6.45, 7) is 3.13. The van der Waals surface area contributed by atoms with Gasteiger partial charge in [-0.2, -0.15) is 0 Å². The van der Waals surface area contributed by atoms with Crippen LogP contribution in [0.25, 0.3) is 0 Å². The molecule has 3 rings (SSSR count). The Morgan fingerprint density at radius 3 is 2.85 bits per heavy atom. The van der Waals surface area contributed by atoms with Gasteiger partial charge >= 0.3 is 0 Å². The van der Waals surface area contributed by atoms with Crippen LogP contribution in [-0.2, 0) is 0 Å². The Hall–Kier alpha value is -0.410. The highest BCUT2D eigenvalue weighted by Gasteiger charge is 2.43. The van der Waals surface area contributed by atoms with E-state index in [-0.39, 0.29) is 11.9 Å². The molecule has 2 fully saturated rings. The molecule has 3 heteroatoms. The normalized spacial score (nSPS) is 29.9. The van der Waals surface area contributed by atoms with Crippen LogP contribution in [0.2, 0.25) is 0 Å². The van der Waals surface area contributed by atoms with Crippen molar-refractivity contribution in [2.45, 2.75) is 45.1 Å². The van der Waals surface area contributed by atoms with Crippen molar-refractivity contribution in [3.8, 4) is 0 Å². The molecule has 0 aliphatic heterocycles. The molecule has 0 spiro atoms. The van der Waals surface area contributed by atoms with Gasteiger partial charge in [-0.3, -0.25) is 0 Å². The first-order valence-corrected chi connectivity index (χ1v) is 8.66. The largest absolute Gasteiger partial charge is 0.310 e. The highest BCUT2D eigenvalue weighted by molar-refractivity contribution is 9.10. The van der Waals surface area contributed by atoms with Crippen molar-refractivity contribution in [2.75, 3.05) is 6.54 Å². The lowest BCUT2D eigenvalue weighted by Crippen LogP contribution is -2.32. The number of rotatable bonds is 5. The summed E-state index contributed by atoms with van der Waals surface area (Å²) in [6, 6.07) is 5.53. The Labute approximate surface area is 129 Å². The van der Waals surface area contributed by atoms with Gasteiger partial charge in [-0.15, -0.1) is 0 Å². The summed E-state index contributed by atoms with van der Waals surface area (Å²) in [7, 11) is 0. The van der Waals surface area contributed by atoms with Crippen LogP contribution in [0.1, 0.15) is 50.6 Å². The Morgan fingerprint density at radius 1 is 1.35 bits per heavy atom. The van der Waals surface area contributed by atoms with Gasteiger partial charge in [0.2, 0.25) is 0 Å². The van der Waals surface area contributed by atoms with E-state index in [0.29, 0.717) is 5.92 Å². The van der Waals surface area contributed by atoms with Crippen LogP contribution in [0.5, 0.6) is 0 Å². The molecule has 0 radical (unpaired) electrons.